The van der Waals surface area contributed by atoms with E-state index in [0.717, 1.165) is 88.4 Å². The van der Waals surface area contributed by atoms with Crippen molar-refractivity contribution in [2.75, 3.05) is 49.6 Å². The molecule has 4 heterocycles. The number of ether oxygens (including phenoxy) is 1. The second kappa shape index (κ2) is 19.0. The average Bonchev–Trinajstić information content (AvgIpc) is 3.19. The maximum absolute atomic E-state index is 13.1. The number of ketones is 1. The zero-order valence-electron chi connectivity index (χ0n) is 31.1. The zero-order chi connectivity index (χ0) is 38.7. The molecule has 1 unspecified atom stereocenters. The number of aromatic nitrogens is 3. The number of anilines is 2. The average molecular weight is 770 g/mol. The van der Waals surface area contributed by atoms with Crippen LogP contribution in [0.15, 0.2) is 48.7 Å². The van der Waals surface area contributed by atoms with Crippen molar-refractivity contribution < 1.29 is 23.9 Å². The predicted molar refractivity (Wildman–Crippen MR) is 208 cm³/mol. The third-order valence-electron chi connectivity index (χ3n) is 10.7. The summed E-state index contributed by atoms with van der Waals surface area (Å²) in [7, 11) is 1.97. The highest BCUT2D eigenvalue weighted by molar-refractivity contribution is 6.33. The van der Waals surface area contributed by atoms with Gasteiger partial charge in [0.15, 0.2) is 11.6 Å². The first-order valence-electron chi connectivity index (χ1n) is 19.1. The van der Waals surface area contributed by atoms with Crippen LogP contribution in [0.3, 0.4) is 0 Å². The minimum Gasteiger partial charge on any atom is -0.490 e. The Labute approximate surface area is 326 Å². The van der Waals surface area contributed by atoms with Crippen molar-refractivity contribution >= 4 is 52.4 Å². The molecule has 14 nitrogen and oxygen atoms in total. The Balaban J connectivity index is 0.851. The molecule has 1 aromatic carbocycles. The number of carbonyl (C=O) groups excluding carboxylic acids is 4. The number of piperidine rings is 2. The molecule has 1 aliphatic carbocycles. The predicted octanol–water partition coefficient (Wildman–Crippen LogP) is 4.69. The molecule has 15 heteroatoms. The third-order valence-corrected chi connectivity index (χ3v) is 11.0. The summed E-state index contributed by atoms with van der Waals surface area (Å²) in [6.07, 6.45) is 8.43. The van der Waals surface area contributed by atoms with Crippen LogP contribution in [0.5, 0.6) is 5.75 Å². The van der Waals surface area contributed by atoms with Crippen molar-refractivity contribution in [3.63, 3.8) is 0 Å². The Bertz CT molecular complexity index is 1870. The number of rotatable bonds is 15. The largest absolute Gasteiger partial charge is 0.490 e. The number of halogens is 1. The van der Waals surface area contributed by atoms with Crippen LogP contribution in [0.2, 0.25) is 5.02 Å². The van der Waals surface area contributed by atoms with Crippen molar-refractivity contribution in [2.45, 2.75) is 76.4 Å². The lowest BCUT2D eigenvalue weighted by atomic mass is 9.84. The molecule has 55 heavy (non-hydrogen) atoms. The van der Waals surface area contributed by atoms with Crippen LogP contribution in [-0.4, -0.2) is 90.6 Å². The standard InChI is InChI=1S/C40H48ClN9O5/c1-42-32-8-7-30(24-31(32)41)55-29-5-3-26(4-6-29)21-35(51)33-9-11-36(48-47-33)50-18-14-27(15-19-50)25-43-17-20-49(2)37-22-28(13-16-44-37)23-39(53)45-34-10-12-38(52)46-40(34)54/h7-9,11,13,16,22,24,26-27,29,34,43H,3-6,10,12,14-15,17-21,23,25H2,2H3,(H,45,53)(H,46,52,54). The summed E-state index contributed by atoms with van der Waals surface area (Å²) in [5.74, 6) is 2.04. The van der Waals surface area contributed by atoms with Gasteiger partial charge in [-0.3, -0.25) is 24.5 Å². The molecule has 0 radical (unpaired) electrons. The van der Waals surface area contributed by atoms with E-state index in [4.69, 9.17) is 22.9 Å². The van der Waals surface area contributed by atoms with Crippen LogP contribution in [0.1, 0.15) is 73.8 Å². The monoisotopic (exact) mass is 769 g/mol. The number of hydrogen-bond donors (Lipinski definition) is 3. The maximum atomic E-state index is 13.1. The van der Waals surface area contributed by atoms with E-state index in [2.05, 4.69) is 40.9 Å². The summed E-state index contributed by atoms with van der Waals surface area (Å²) in [5.41, 5.74) is 1.62. The molecule has 2 saturated heterocycles. The number of pyridine rings is 1. The van der Waals surface area contributed by atoms with E-state index in [9.17, 15) is 19.2 Å². The van der Waals surface area contributed by atoms with Crippen molar-refractivity contribution in [3.05, 3.63) is 76.4 Å². The number of hydrogen-bond acceptors (Lipinski definition) is 11. The number of nitrogens with zero attached hydrogens (tertiary/aromatic N) is 6. The molecule has 3 fully saturated rings. The van der Waals surface area contributed by atoms with Crippen LogP contribution in [-0.2, 0) is 20.8 Å². The molecule has 3 amide bonds. The summed E-state index contributed by atoms with van der Waals surface area (Å²) >= 11 is 6.15. The van der Waals surface area contributed by atoms with Crippen molar-refractivity contribution in [1.82, 2.24) is 31.1 Å². The lowest BCUT2D eigenvalue weighted by Crippen LogP contribution is -2.52. The first-order valence-corrected chi connectivity index (χ1v) is 19.5. The first kappa shape index (κ1) is 39.6. The van der Waals surface area contributed by atoms with Crippen molar-refractivity contribution in [1.29, 1.82) is 0 Å². The first-order chi connectivity index (χ1) is 26.6. The fraction of sp³-hybridized carbons (Fsp3) is 0.500. The molecule has 0 spiro atoms. The zero-order valence-corrected chi connectivity index (χ0v) is 31.9. The maximum Gasteiger partial charge on any atom is 0.249 e. The Morgan fingerprint density at radius 2 is 1.82 bits per heavy atom. The molecule has 6 rings (SSSR count). The van der Waals surface area contributed by atoms with Gasteiger partial charge < -0.3 is 25.2 Å². The SMILES string of the molecule is [C-]#[N+]c1ccc(OC2CCC(CC(=O)c3ccc(N4CCC(CNCCN(C)c5cc(CC(=O)NC6CCC(=O)NC6=O)ccn5)CC4)nn3)CC2)cc1Cl. The van der Waals surface area contributed by atoms with Crippen molar-refractivity contribution in [3.8, 4) is 5.75 Å². The normalized spacial score (nSPS) is 20.3. The number of likely N-dealkylation sites (N-methyl/N-ethyl adjacent to an activating group) is 1. The van der Waals surface area contributed by atoms with Gasteiger partial charge in [0.05, 0.1) is 24.1 Å². The topological polar surface area (TPSA) is 163 Å². The summed E-state index contributed by atoms with van der Waals surface area (Å²) in [5, 5.41) is 17.7. The molecular weight excluding hydrogens is 722 g/mol. The number of imide groups is 1. The van der Waals surface area contributed by atoms with E-state index in [-0.39, 0.29) is 42.5 Å². The molecule has 0 bridgehead atoms. The van der Waals surface area contributed by atoms with Crippen molar-refractivity contribution in [2.24, 2.45) is 11.8 Å². The highest BCUT2D eigenvalue weighted by Crippen LogP contribution is 2.34. The van der Waals surface area contributed by atoms with Gasteiger partial charge in [-0.25, -0.2) is 9.83 Å². The number of nitrogens with one attached hydrogen (secondary N) is 3. The molecular formula is C40H48ClN9O5. The van der Waals surface area contributed by atoms with Gasteiger partial charge in [0, 0.05) is 52.3 Å². The van der Waals surface area contributed by atoms with Crippen LogP contribution in [0, 0.1) is 18.4 Å². The Morgan fingerprint density at radius 3 is 2.53 bits per heavy atom. The minimum absolute atomic E-state index is 0.0262. The van der Waals surface area contributed by atoms with Gasteiger partial charge >= 0.3 is 0 Å². The minimum atomic E-state index is -0.690. The fourth-order valence-corrected chi connectivity index (χ4v) is 7.60. The molecule has 3 aliphatic rings. The van der Waals surface area contributed by atoms with Crippen LogP contribution >= 0.6 is 11.6 Å². The van der Waals surface area contributed by atoms with E-state index in [1.165, 1.54) is 0 Å². The lowest BCUT2D eigenvalue weighted by Gasteiger charge is -2.32. The number of carbonyl (C=O) groups is 4. The smallest absolute Gasteiger partial charge is 0.249 e. The van der Waals surface area contributed by atoms with E-state index in [1.54, 1.807) is 36.5 Å². The van der Waals surface area contributed by atoms with Gasteiger partial charge in [0.2, 0.25) is 23.4 Å². The molecule has 1 atom stereocenters. The van der Waals surface area contributed by atoms with Gasteiger partial charge in [-0.2, -0.15) is 0 Å². The van der Waals surface area contributed by atoms with Gasteiger partial charge in [-0.15, -0.1) is 10.2 Å². The molecule has 2 aromatic heterocycles. The van der Waals surface area contributed by atoms with Gasteiger partial charge in [-0.1, -0.05) is 17.7 Å². The summed E-state index contributed by atoms with van der Waals surface area (Å²) < 4.78 is 6.10. The number of amides is 3. The molecule has 1 saturated carbocycles. The molecule has 3 N–H and O–H groups in total. The second-order valence-electron chi connectivity index (χ2n) is 14.7. The van der Waals surface area contributed by atoms with Gasteiger partial charge in [0.1, 0.15) is 23.3 Å². The molecule has 3 aromatic rings. The summed E-state index contributed by atoms with van der Waals surface area (Å²) in [4.78, 5) is 61.1. The second-order valence-corrected chi connectivity index (χ2v) is 15.1. The molecule has 2 aliphatic heterocycles. The van der Waals surface area contributed by atoms with E-state index in [1.807, 2.05) is 24.1 Å². The van der Waals surface area contributed by atoms with Gasteiger partial charge in [0.25, 0.3) is 0 Å². The van der Waals surface area contributed by atoms with Crippen LogP contribution in [0.25, 0.3) is 4.85 Å². The van der Waals surface area contributed by atoms with Gasteiger partial charge in [-0.05, 0) is 105 Å². The summed E-state index contributed by atoms with van der Waals surface area (Å²) in [6, 6.07) is 11.9. The number of Topliss-reactive ketones (excluding diaryl/α,β-unsaturated/α-hetero) is 1. The fourth-order valence-electron chi connectivity index (χ4n) is 7.38. The quantitative estimate of drug-likeness (QED) is 0.0851. The highest BCUT2D eigenvalue weighted by atomic mass is 35.5. The Kier molecular flexibility index (Phi) is 13.6. The molecule has 290 valence electrons. The lowest BCUT2D eigenvalue weighted by molar-refractivity contribution is -0.137. The van der Waals surface area contributed by atoms with E-state index < -0.39 is 11.9 Å². The van der Waals surface area contributed by atoms with E-state index >= 15 is 0 Å². The highest BCUT2D eigenvalue weighted by Gasteiger charge is 2.28. The Hall–Kier alpha value is -5.13. The summed E-state index contributed by atoms with van der Waals surface area (Å²) in [6.45, 7) is 11.3. The number of benzene rings is 1. The van der Waals surface area contributed by atoms with Crippen LogP contribution < -0.4 is 30.5 Å². The van der Waals surface area contributed by atoms with Crippen LogP contribution in [0.4, 0.5) is 17.3 Å². The van der Waals surface area contributed by atoms with E-state index in [0.29, 0.717) is 40.9 Å². The third kappa shape index (κ3) is 11.2. The Morgan fingerprint density at radius 1 is 1.02 bits per heavy atom.